The second-order valence-corrected chi connectivity index (χ2v) is 7.69. The number of pyridine rings is 1. The minimum atomic E-state index is 0.0779. The molecule has 3 N–H and O–H groups in total. The zero-order chi connectivity index (χ0) is 22.0. The van der Waals surface area contributed by atoms with Crippen molar-refractivity contribution < 1.29 is 4.74 Å². The lowest BCUT2D eigenvalue weighted by atomic mass is 10.0. The summed E-state index contributed by atoms with van der Waals surface area (Å²) < 4.78 is 5.79. The molecule has 0 aliphatic carbocycles. The molecular formula is C21H17Cl2N7O. The van der Waals surface area contributed by atoms with Gasteiger partial charge in [-0.2, -0.15) is 10.4 Å². The topological polar surface area (TPSA) is 125 Å². The average molecular weight is 454 g/mol. The van der Waals surface area contributed by atoms with Crippen molar-refractivity contribution in [1.82, 2.24) is 15.2 Å². The van der Waals surface area contributed by atoms with Crippen LogP contribution in [0.1, 0.15) is 28.7 Å². The SMILES string of the molecule is N#Cc1cc(C(=N)c2cc(OCc3c(Cl)cnnc3Cl)ccc2N)cnc1N1CCC1. The van der Waals surface area contributed by atoms with E-state index in [1.807, 2.05) is 4.90 Å². The summed E-state index contributed by atoms with van der Waals surface area (Å²) in [5.74, 6) is 1.12. The van der Waals surface area contributed by atoms with E-state index in [1.165, 1.54) is 6.20 Å². The van der Waals surface area contributed by atoms with Crippen molar-refractivity contribution in [3.05, 3.63) is 69.1 Å². The molecule has 0 unspecified atom stereocenters. The number of rotatable bonds is 6. The Morgan fingerprint density at radius 2 is 2.06 bits per heavy atom. The second-order valence-electron chi connectivity index (χ2n) is 6.92. The summed E-state index contributed by atoms with van der Waals surface area (Å²) in [5.41, 5.74) is 8.56. The maximum Gasteiger partial charge on any atom is 0.159 e. The Kier molecular flexibility index (Phi) is 5.89. The average Bonchev–Trinajstić information content (AvgIpc) is 2.73. The standard InChI is InChI=1S/C21H17Cl2N7O/c22-17-10-28-29-20(23)16(17)11-31-14-2-3-18(25)15(7-14)19(26)13-6-12(8-24)21(27-9-13)30-4-1-5-30/h2-3,6-7,9-10,26H,1,4-5,11,25H2. The number of nitrogens with zero attached hydrogens (tertiary/aromatic N) is 5. The van der Waals surface area contributed by atoms with Crippen LogP contribution in [0.3, 0.4) is 0 Å². The van der Waals surface area contributed by atoms with Gasteiger partial charge in [0.1, 0.15) is 24.2 Å². The first-order chi connectivity index (χ1) is 15.0. The molecule has 1 fully saturated rings. The predicted molar refractivity (Wildman–Crippen MR) is 119 cm³/mol. The molecule has 0 atom stereocenters. The van der Waals surface area contributed by atoms with Crippen molar-refractivity contribution in [3.63, 3.8) is 0 Å². The number of anilines is 2. The van der Waals surface area contributed by atoms with E-state index in [2.05, 4.69) is 21.3 Å². The van der Waals surface area contributed by atoms with Crippen molar-refractivity contribution in [2.45, 2.75) is 13.0 Å². The summed E-state index contributed by atoms with van der Waals surface area (Å²) in [6.45, 7) is 1.84. The largest absolute Gasteiger partial charge is 0.489 e. The highest BCUT2D eigenvalue weighted by Gasteiger charge is 2.21. The van der Waals surface area contributed by atoms with Crippen LogP contribution in [0.2, 0.25) is 10.2 Å². The lowest BCUT2D eigenvalue weighted by Gasteiger charge is -2.32. The zero-order valence-corrected chi connectivity index (χ0v) is 17.8. The van der Waals surface area contributed by atoms with Crippen LogP contribution in [0.25, 0.3) is 0 Å². The van der Waals surface area contributed by atoms with Gasteiger partial charge >= 0.3 is 0 Å². The Morgan fingerprint density at radius 3 is 2.74 bits per heavy atom. The molecule has 0 radical (unpaired) electrons. The Morgan fingerprint density at radius 1 is 1.26 bits per heavy atom. The summed E-state index contributed by atoms with van der Waals surface area (Å²) in [6, 6.07) is 8.84. The summed E-state index contributed by atoms with van der Waals surface area (Å²) in [7, 11) is 0. The molecule has 2 aromatic heterocycles. The fraction of sp³-hybridized carbons (Fsp3) is 0.190. The molecule has 3 heterocycles. The van der Waals surface area contributed by atoms with Crippen molar-refractivity contribution in [2.75, 3.05) is 23.7 Å². The van der Waals surface area contributed by atoms with Gasteiger partial charge in [-0.25, -0.2) is 4.98 Å². The molecule has 156 valence electrons. The van der Waals surface area contributed by atoms with Crippen LogP contribution in [0.4, 0.5) is 11.5 Å². The van der Waals surface area contributed by atoms with Crippen molar-refractivity contribution in [2.24, 2.45) is 0 Å². The van der Waals surface area contributed by atoms with Crippen LogP contribution in [-0.2, 0) is 6.61 Å². The summed E-state index contributed by atoms with van der Waals surface area (Å²) >= 11 is 12.1. The number of aromatic nitrogens is 3. The van der Waals surface area contributed by atoms with E-state index in [4.69, 9.17) is 39.1 Å². The number of nitrogens with one attached hydrogen (secondary N) is 1. The lowest BCUT2D eigenvalue weighted by Crippen LogP contribution is -2.38. The van der Waals surface area contributed by atoms with Gasteiger partial charge in [-0.1, -0.05) is 23.2 Å². The van der Waals surface area contributed by atoms with Gasteiger partial charge in [-0.05, 0) is 30.7 Å². The molecule has 1 aromatic carbocycles. The van der Waals surface area contributed by atoms with Crippen LogP contribution >= 0.6 is 23.2 Å². The summed E-state index contributed by atoms with van der Waals surface area (Å²) in [5, 5.41) is 26.1. The third-order valence-corrected chi connectivity index (χ3v) is 5.59. The van der Waals surface area contributed by atoms with E-state index in [-0.39, 0.29) is 17.5 Å². The molecule has 0 amide bonds. The second kappa shape index (κ2) is 8.76. The van der Waals surface area contributed by atoms with Gasteiger partial charge in [-0.3, -0.25) is 5.41 Å². The molecule has 1 aliphatic heterocycles. The van der Waals surface area contributed by atoms with Crippen LogP contribution in [0, 0.1) is 16.7 Å². The van der Waals surface area contributed by atoms with Crippen molar-refractivity contribution >= 4 is 40.4 Å². The van der Waals surface area contributed by atoms with Crippen molar-refractivity contribution in [3.8, 4) is 11.8 Å². The van der Waals surface area contributed by atoms with E-state index in [9.17, 15) is 5.26 Å². The number of ether oxygens (including phenoxy) is 1. The van der Waals surface area contributed by atoms with Gasteiger partial charge in [0.05, 0.1) is 22.5 Å². The van der Waals surface area contributed by atoms with Gasteiger partial charge in [0.2, 0.25) is 0 Å². The smallest absolute Gasteiger partial charge is 0.159 e. The van der Waals surface area contributed by atoms with Gasteiger partial charge in [-0.15, -0.1) is 5.10 Å². The third kappa shape index (κ3) is 4.24. The molecule has 31 heavy (non-hydrogen) atoms. The van der Waals surface area contributed by atoms with E-state index in [1.54, 1.807) is 30.5 Å². The first-order valence-corrected chi connectivity index (χ1v) is 10.2. The number of hydrogen-bond acceptors (Lipinski definition) is 8. The number of benzene rings is 1. The normalized spacial score (nSPS) is 12.7. The van der Waals surface area contributed by atoms with Gasteiger partial charge in [0.25, 0.3) is 0 Å². The molecule has 1 aliphatic rings. The summed E-state index contributed by atoms with van der Waals surface area (Å²) in [6.07, 6.45) is 4.06. The molecule has 10 heteroatoms. The van der Waals surface area contributed by atoms with Crippen molar-refractivity contribution in [1.29, 1.82) is 10.7 Å². The number of nitrogen functional groups attached to an aromatic ring is 1. The molecule has 0 bridgehead atoms. The predicted octanol–water partition coefficient (Wildman–Crippen LogP) is 3.84. The molecule has 1 saturated heterocycles. The van der Waals surface area contributed by atoms with Crippen LogP contribution in [-0.4, -0.2) is 34.0 Å². The first-order valence-electron chi connectivity index (χ1n) is 9.40. The Labute approximate surface area is 188 Å². The Hall–Kier alpha value is -3.41. The molecule has 8 nitrogen and oxygen atoms in total. The maximum atomic E-state index is 9.52. The molecule has 3 aromatic rings. The molecular weight excluding hydrogens is 437 g/mol. The molecule has 0 saturated carbocycles. The fourth-order valence-corrected chi connectivity index (χ4v) is 3.54. The van der Waals surface area contributed by atoms with E-state index in [0.29, 0.717) is 44.5 Å². The van der Waals surface area contributed by atoms with E-state index < -0.39 is 0 Å². The minimum absolute atomic E-state index is 0.0779. The van der Waals surface area contributed by atoms with Gasteiger partial charge in [0.15, 0.2) is 5.15 Å². The molecule has 4 rings (SSSR count). The minimum Gasteiger partial charge on any atom is -0.489 e. The lowest BCUT2D eigenvalue weighted by molar-refractivity contribution is 0.305. The van der Waals surface area contributed by atoms with Crippen LogP contribution in [0.15, 0.2) is 36.7 Å². The van der Waals surface area contributed by atoms with Crippen LogP contribution < -0.4 is 15.4 Å². The number of hydrogen-bond donors (Lipinski definition) is 2. The highest BCUT2D eigenvalue weighted by molar-refractivity contribution is 6.35. The highest BCUT2D eigenvalue weighted by Crippen LogP contribution is 2.28. The highest BCUT2D eigenvalue weighted by atomic mass is 35.5. The first kappa shape index (κ1) is 20.8. The van der Waals surface area contributed by atoms with Crippen LogP contribution in [0.5, 0.6) is 5.75 Å². The third-order valence-electron chi connectivity index (χ3n) is 4.96. The summed E-state index contributed by atoms with van der Waals surface area (Å²) in [4.78, 5) is 6.45. The molecule has 0 spiro atoms. The number of nitrogens with two attached hydrogens (primary N) is 1. The maximum absolute atomic E-state index is 9.52. The number of halogens is 2. The Balaban J connectivity index is 1.58. The quantitative estimate of drug-likeness (QED) is 0.428. The zero-order valence-electron chi connectivity index (χ0n) is 16.3. The monoisotopic (exact) mass is 453 g/mol. The number of nitriles is 1. The van der Waals surface area contributed by atoms with E-state index >= 15 is 0 Å². The van der Waals surface area contributed by atoms with E-state index in [0.717, 1.165) is 19.5 Å². The van der Waals surface area contributed by atoms with Gasteiger partial charge in [0, 0.05) is 41.7 Å². The fourth-order valence-electron chi connectivity index (χ4n) is 3.10. The Bertz CT molecular complexity index is 1180. The van der Waals surface area contributed by atoms with Gasteiger partial charge < -0.3 is 15.4 Å².